The van der Waals surface area contributed by atoms with E-state index in [1.165, 1.54) is 5.69 Å². The lowest BCUT2D eigenvalue weighted by Gasteiger charge is -2.06. The number of aromatic nitrogens is 4. The van der Waals surface area contributed by atoms with Crippen LogP contribution in [0.4, 0.5) is 5.82 Å². The Hall–Kier alpha value is -1.95. The molecule has 104 valence electrons. The molecule has 0 saturated heterocycles. The van der Waals surface area contributed by atoms with Gasteiger partial charge in [-0.2, -0.15) is 0 Å². The summed E-state index contributed by atoms with van der Waals surface area (Å²) < 4.78 is 2.17. The molecule has 3 aromatic rings. The first-order valence-corrected chi connectivity index (χ1v) is 7.36. The molecule has 3 rings (SSSR count). The van der Waals surface area contributed by atoms with Crippen molar-refractivity contribution in [3.8, 4) is 0 Å². The molecular weight excluding hydrogens is 270 g/mol. The van der Waals surface area contributed by atoms with Gasteiger partial charge in [-0.1, -0.05) is 0 Å². The zero-order valence-electron chi connectivity index (χ0n) is 12.1. The Morgan fingerprint density at radius 2 is 1.90 bits per heavy atom. The molecule has 0 aliphatic heterocycles. The molecule has 3 aromatic heterocycles. The zero-order valence-corrected chi connectivity index (χ0v) is 12.9. The van der Waals surface area contributed by atoms with E-state index in [-0.39, 0.29) is 0 Å². The monoisotopic (exact) mass is 287 g/mol. The summed E-state index contributed by atoms with van der Waals surface area (Å²) in [6, 6.07) is 0. The van der Waals surface area contributed by atoms with Crippen molar-refractivity contribution in [2.45, 2.75) is 34.2 Å². The number of nitrogens with two attached hydrogens (primary N) is 1. The number of rotatable bonds is 2. The lowest BCUT2D eigenvalue weighted by molar-refractivity contribution is 0.779. The van der Waals surface area contributed by atoms with Gasteiger partial charge in [0.05, 0.1) is 11.9 Å². The van der Waals surface area contributed by atoms with Crippen LogP contribution in [0.5, 0.6) is 0 Å². The Kier molecular flexibility index (Phi) is 2.97. The lowest BCUT2D eigenvalue weighted by atomic mass is 10.2. The van der Waals surface area contributed by atoms with Gasteiger partial charge in [-0.05, 0) is 33.3 Å². The number of hydrogen-bond donors (Lipinski definition) is 1. The summed E-state index contributed by atoms with van der Waals surface area (Å²) in [6.07, 6.45) is 0. The first-order valence-electron chi connectivity index (χ1n) is 6.48. The third-order valence-electron chi connectivity index (χ3n) is 3.57. The summed E-state index contributed by atoms with van der Waals surface area (Å²) in [7, 11) is 0. The van der Waals surface area contributed by atoms with Gasteiger partial charge >= 0.3 is 0 Å². The molecule has 0 fully saturated rings. The molecule has 0 spiro atoms. The fourth-order valence-corrected chi connectivity index (χ4v) is 3.24. The largest absolute Gasteiger partial charge is 0.383 e. The number of fused-ring (bicyclic) bond motifs is 1. The van der Waals surface area contributed by atoms with Gasteiger partial charge in [0.2, 0.25) is 0 Å². The molecule has 0 aromatic carbocycles. The maximum atomic E-state index is 6.06. The van der Waals surface area contributed by atoms with E-state index in [0.29, 0.717) is 11.6 Å². The van der Waals surface area contributed by atoms with Gasteiger partial charge in [-0.3, -0.25) is 0 Å². The van der Waals surface area contributed by atoms with Crippen LogP contribution in [-0.2, 0) is 6.54 Å². The highest BCUT2D eigenvalue weighted by Crippen LogP contribution is 2.28. The molecule has 5 nitrogen and oxygen atoms in total. The van der Waals surface area contributed by atoms with Crippen LogP contribution in [0.15, 0.2) is 5.38 Å². The van der Waals surface area contributed by atoms with E-state index in [4.69, 9.17) is 5.73 Å². The fraction of sp³-hybridized carbons (Fsp3) is 0.357. The highest BCUT2D eigenvalue weighted by atomic mass is 32.1. The summed E-state index contributed by atoms with van der Waals surface area (Å²) in [5.41, 5.74) is 10.3. The van der Waals surface area contributed by atoms with Gasteiger partial charge < -0.3 is 10.3 Å². The normalized spacial score (nSPS) is 11.4. The molecule has 0 aliphatic rings. The van der Waals surface area contributed by atoms with Gasteiger partial charge in [-0.25, -0.2) is 15.0 Å². The highest BCUT2D eigenvalue weighted by molar-refractivity contribution is 7.09. The van der Waals surface area contributed by atoms with Crippen molar-refractivity contribution >= 4 is 28.2 Å². The number of thiazole rings is 1. The van der Waals surface area contributed by atoms with Crippen molar-refractivity contribution in [3.05, 3.63) is 33.2 Å². The van der Waals surface area contributed by atoms with Crippen LogP contribution in [0.2, 0.25) is 0 Å². The number of hydrogen-bond acceptors (Lipinski definition) is 5. The van der Waals surface area contributed by atoms with E-state index in [0.717, 1.165) is 33.8 Å². The molecule has 3 heterocycles. The third-order valence-corrected chi connectivity index (χ3v) is 4.52. The average Bonchev–Trinajstić information content (AvgIpc) is 2.87. The molecule has 0 amide bonds. The molecule has 0 unspecified atom stereocenters. The van der Waals surface area contributed by atoms with E-state index in [2.05, 4.69) is 38.7 Å². The predicted octanol–water partition coefficient (Wildman–Crippen LogP) is 2.75. The van der Waals surface area contributed by atoms with Gasteiger partial charge in [-0.15, -0.1) is 11.3 Å². The van der Waals surface area contributed by atoms with Crippen molar-refractivity contribution in [2.75, 3.05) is 5.73 Å². The average molecular weight is 287 g/mol. The van der Waals surface area contributed by atoms with Gasteiger partial charge in [0, 0.05) is 16.8 Å². The van der Waals surface area contributed by atoms with Gasteiger partial charge in [0.25, 0.3) is 0 Å². The Balaban J connectivity index is 2.22. The second-order valence-electron chi connectivity index (χ2n) is 5.03. The van der Waals surface area contributed by atoms with Crippen molar-refractivity contribution in [2.24, 2.45) is 0 Å². The first-order chi connectivity index (χ1) is 9.47. The van der Waals surface area contributed by atoms with Gasteiger partial charge in [0.1, 0.15) is 22.3 Å². The molecule has 0 radical (unpaired) electrons. The minimum atomic E-state index is 0.558. The predicted molar refractivity (Wildman–Crippen MR) is 82.1 cm³/mol. The number of nitrogen functional groups attached to an aromatic ring is 1. The molecule has 6 heteroatoms. The first kappa shape index (κ1) is 13.1. The van der Waals surface area contributed by atoms with Crippen LogP contribution >= 0.6 is 11.3 Å². The maximum Gasteiger partial charge on any atom is 0.146 e. The Morgan fingerprint density at radius 1 is 1.15 bits per heavy atom. The van der Waals surface area contributed by atoms with Crippen molar-refractivity contribution in [1.29, 1.82) is 0 Å². The van der Waals surface area contributed by atoms with Crippen LogP contribution in [-0.4, -0.2) is 19.5 Å². The van der Waals surface area contributed by atoms with Crippen molar-refractivity contribution in [3.63, 3.8) is 0 Å². The fourth-order valence-electron chi connectivity index (χ4n) is 2.48. The zero-order chi connectivity index (χ0) is 14.4. The number of aryl methyl sites for hydroxylation is 3. The summed E-state index contributed by atoms with van der Waals surface area (Å²) in [5, 5.41) is 4.11. The SMILES string of the molecule is Cc1csc(Cn2c(C)c(C)c3c(N)nc(C)nc32)n1. The molecule has 2 N–H and O–H groups in total. The van der Waals surface area contributed by atoms with E-state index >= 15 is 0 Å². The lowest BCUT2D eigenvalue weighted by Crippen LogP contribution is -2.04. The van der Waals surface area contributed by atoms with Crippen molar-refractivity contribution < 1.29 is 0 Å². The Morgan fingerprint density at radius 3 is 2.55 bits per heavy atom. The Bertz CT molecular complexity index is 800. The molecule has 0 saturated carbocycles. The van der Waals surface area contributed by atoms with Crippen LogP contribution in [0, 0.1) is 27.7 Å². The number of nitrogens with zero attached hydrogens (tertiary/aromatic N) is 4. The minimum absolute atomic E-state index is 0.558. The summed E-state index contributed by atoms with van der Waals surface area (Å²) >= 11 is 1.67. The second-order valence-corrected chi connectivity index (χ2v) is 5.98. The van der Waals surface area contributed by atoms with E-state index in [9.17, 15) is 0 Å². The Labute approximate surface area is 121 Å². The van der Waals surface area contributed by atoms with Crippen LogP contribution in [0.25, 0.3) is 11.0 Å². The topological polar surface area (TPSA) is 69.6 Å². The number of anilines is 1. The quantitative estimate of drug-likeness (QED) is 0.787. The smallest absolute Gasteiger partial charge is 0.146 e. The van der Waals surface area contributed by atoms with Gasteiger partial charge in [0.15, 0.2) is 0 Å². The highest BCUT2D eigenvalue weighted by Gasteiger charge is 2.17. The molecule has 0 atom stereocenters. The molecule has 0 aliphatic carbocycles. The van der Waals surface area contributed by atoms with E-state index < -0.39 is 0 Å². The summed E-state index contributed by atoms with van der Waals surface area (Å²) in [6.45, 7) is 8.76. The standard InChI is InChI=1S/C14H17N5S/c1-7-6-20-11(16-7)5-19-9(3)8(2)12-13(15)17-10(4)18-14(12)19/h6H,5H2,1-4H3,(H2,15,17,18). The maximum absolute atomic E-state index is 6.06. The molecule has 20 heavy (non-hydrogen) atoms. The summed E-state index contributed by atoms with van der Waals surface area (Å²) in [4.78, 5) is 13.4. The van der Waals surface area contributed by atoms with E-state index in [1.54, 1.807) is 11.3 Å². The second kappa shape index (κ2) is 4.56. The summed E-state index contributed by atoms with van der Waals surface area (Å²) in [5.74, 6) is 1.26. The minimum Gasteiger partial charge on any atom is -0.383 e. The third kappa shape index (κ3) is 1.96. The van der Waals surface area contributed by atoms with Crippen LogP contribution in [0.3, 0.4) is 0 Å². The van der Waals surface area contributed by atoms with Crippen molar-refractivity contribution in [1.82, 2.24) is 19.5 Å². The molecule has 0 bridgehead atoms. The van der Waals surface area contributed by atoms with E-state index in [1.807, 2.05) is 13.8 Å². The molecular formula is C14H17N5S. The van der Waals surface area contributed by atoms with Crippen LogP contribution < -0.4 is 5.73 Å². The van der Waals surface area contributed by atoms with Crippen LogP contribution in [0.1, 0.15) is 27.8 Å².